The number of amides is 1. The van der Waals surface area contributed by atoms with Crippen molar-refractivity contribution < 1.29 is 4.79 Å². The lowest BCUT2D eigenvalue weighted by atomic mass is 9.96. The second kappa shape index (κ2) is 6.60. The van der Waals surface area contributed by atoms with Crippen LogP contribution in [0.15, 0.2) is 0 Å². The van der Waals surface area contributed by atoms with Gasteiger partial charge in [0.25, 0.3) is 0 Å². The van der Waals surface area contributed by atoms with Gasteiger partial charge < -0.3 is 10.2 Å². The van der Waals surface area contributed by atoms with E-state index in [4.69, 9.17) is 0 Å². The Kier molecular flexibility index (Phi) is 5.04. The fraction of sp³-hybridized carbons (Fsp3) is 0.750. The van der Waals surface area contributed by atoms with E-state index < -0.39 is 0 Å². The maximum atomic E-state index is 12.7. The summed E-state index contributed by atoms with van der Waals surface area (Å²) in [5.74, 6) is 0.260. The standard InChI is InChI=1S/C16H28N4O/c1-11(10-15-12(2)18-20(5)13(15)3)16(21)19(4)14-6-8-17-9-7-14/h11,14,17H,6-10H2,1-5H3. The van der Waals surface area contributed by atoms with Crippen LogP contribution in [0, 0.1) is 19.8 Å². The lowest BCUT2D eigenvalue weighted by Gasteiger charge is -2.33. The van der Waals surface area contributed by atoms with Gasteiger partial charge in [-0.05, 0) is 51.8 Å². The number of nitrogens with one attached hydrogen (secondary N) is 1. The molecule has 1 amide bonds. The van der Waals surface area contributed by atoms with Crippen LogP contribution in [0.5, 0.6) is 0 Å². The number of carbonyl (C=O) groups is 1. The van der Waals surface area contributed by atoms with E-state index in [1.54, 1.807) is 0 Å². The van der Waals surface area contributed by atoms with Crippen molar-refractivity contribution in [3.63, 3.8) is 0 Å². The highest BCUT2D eigenvalue weighted by atomic mass is 16.2. The van der Waals surface area contributed by atoms with Crippen LogP contribution in [0.1, 0.15) is 36.7 Å². The van der Waals surface area contributed by atoms with Gasteiger partial charge in [-0.2, -0.15) is 5.10 Å². The van der Waals surface area contributed by atoms with Gasteiger partial charge in [0.1, 0.15) is 0 Å². The normalized spacial score (nSPS) is 17.8. The second-order valence-corrected chi connectivity index (χ2v) is 6.31. The Balaban J connectivity index is 2.01. The third-order valence-electron chi connectivity index (χ3n) is 4.79. The predicted octanol–water partition coefficient (Wildman–Crippen LogP) is 1.43. The summed E-state index contributed by atoms with van der Waals surface area (Å²) < 4.78 is 1.90. The maximum absolute atomic E-state index is 12.7. The Morgan fingerprint density at radius 3 is 2.57 bits per heavy atom. The van der Waals surface area contributed by atoms with Gasteiger partial charge in [0.15, 0.2) is 0 Å². The van der Waals surface area contributed by atoms with Crippen LogP contribution in [0.4, 0.5) is 0 Å². The van der Waals surface area contributed by atoms with Crippen molar-refractivity contribution >= 4 is 5.91 Å². The van der Waals surface area contributed by atoms with E-state index in [9.17, 15) is 4.79 Å². The third-order valence-corrected chi connectivity index (χ3v) is 4.79. The molecule has 1 aliphatic heterocycles. The zero-order valence-corrected chi connectivity index (χ0v) is 13.9. The van der Waals surface area contributed by atoms with Crippen LogP contribution >= 0.6 is 0 Å². The fourth-order valence-electron chi connectivity index (χ4n) is 3.23. The van der Waals surface area contributed by atoms with Crippen LogP contribution < -0.4 is 5.32 Å². The van der Waals surface area contributed by atoms with Gasteiger partial charge in [0.2, 0.25) is 5.91 Å². The zero-order valence-electron chi connectivity index (χ0n) is 13.9. The van der Waals surface area contributed by atoms with E-state index in [1.807, 2.05) is 37.5 Å². The van der Waals surface area contributed by atoms with Crippen molar-refractivity contribution in [1.82, 2.24) is 20.0 Å². The number of piperidine rings is 1. The molecule has 1 unspecified atom stereocenters. The number of nitrogens with zero attached hydrogens (tertiary/aromatic N) is 3. The summed E-state index contributed by atoms with van der Waals surface area (Å²) in [5, 5.41) is 7.79. The molecule has 0 radical (unpaired) electrons. The smallest absolute Gasteiger partial charge is 0.225 e. The SMILES string of the molecule is Cc1nn(C)c(C)c1CC(C)C(=O)N(C)C1CCNCC1. The van der Waals surface area contributed by atoms with Gasteiger partial charge in [-0.1, -0.05) is 6.92 Å². The minimum atomic E-state index is 0.00601. The molecular formula is C16H28N4O. The minimum absolute atomic E-state index is 0.00601. The average molecular weight is 292 g/mol. The molecule has 0 bridgehead atoms. The van der Waals surface area contributed by atoms with Crippen molar-refractivity contribution in [2.45, 2.75) is 46.1 Å². The summed E-state index contributed by atoms with van der Waals surface area (Å²) in [5.41, 5.74) is 3.42. The van der Waals surface area contributed by atoms with E-state index in [-0.39, 0.29) is 11.8 Å². The summed E-state index contributed by atoms with van der Waals surface area (Å²) in [6.07, 6.45) is 2.89. The van der Waals surface area contributed by atoms with Crippen molar-refractivity contribution in [3.05, 3.63) is 17.0 Å². The van der Waals surface area contributed by atoms with Crippen molar-refractivity contribution in [2.24, 2.45) is 13.0 Å². The minimum Gasteiger partial charge on any atom is -0.342 e. The van der Waals surface area contributed by atoms with Gasteiger partial charge in [-0.25, -0.2) is 0 Å². The van der Waals surface area contributed by atoms with E-state index in [1.165, 1.54) is 5.56 Å². The highest BCUT2D eigenvalue weighted by Crippen LogP contribution is 2.20. The van der Waals surface area contributed by atoms with Crippen LogP contribution in [0.3, 0.4) is 0 Å². The molecule has 21 heavy (non-hydrogen) atoms. The highest BCUT2D eigenvalue weighted by molar-refractivity contribution is 5.79. The molecule has 1 saturated heterocycles. The van der Waals surface area contributed by atoms with Crippen molar-refractivity contribution in [3.8, 4) is 0 Å². The molecule has 1 aliphatic rings. The molecule has 0 aromatic carbocycles. The predicted molar refractivity (Wildman–Crippen MR) is 84.2 cm³/mol. The molecular weight excluding hydrogens is 264 g/mol. The summed E-state index contributed by atoms with van der Waals surface area (Å²) in [7, 11) is 3.91. The molecule has 5 nitrogen and oxygen atoms in total. The van der Waals surface area contributed by atoms with Gasteiger partial charge in [0, 0.05) is 31.7 Å². The number of carbonyl (C=O) groups excluding carboxylic acids is 1. The second-order valence-electron chi connectivity index (χ2n) is 6.31. The zero-order chi connectivity index (χ0) is 15.6. The molecule has 1 fully saturated rings. The van der Waals surface area contributed by atoms with E-state index in [0.29, 0.717) is 6.04 Å². The molecule has 1 N–H and O–H groups in total. The molecule has 0 aliphatic carbocycles. The number of aromatic nitrogens is 2. The van der Waals surface area contributed by atoms with E-state index >= 15 is 0 Å². The largest absolute Gasteiger partial charge is 0.342 e. The summed E-state index contributed by atoms with van der Waals surface area (Å²) in [6, 6.07) is 0.386. The first-order chi connectivity index (χ1) is 9.91. The molecule has 118 valence electrons. The summed E-state index contributed by atoms with van der Waals surface area (Å²) in [4.78, 5) is 14.6. The monoisotopic (exact) mass is 292 g/mol. The van der Waals surface area contributed by atoms with Crippen LogP contribution in [0.2, 0.25) is 0 Å². The molecule has 1 atom stereocenters. The lowest BCUT2D eigenvalue weighted by Crippen LogP contribution is -2.46. The number of aryl methyl sites for hydroxylation is 2. The van der Waals surface area contributed by atoms with Crippen molar-refractivity contribution in [2.75, 3.05) is 20.1 Å². The maximum Gasteiger partial charge on any atom is 0.225 e. The number of hydrogen-bond acceptors (Lipinski definition) is 3. The van der Waals surface area contributed by atoms with Crippen LogP contribution in [-0.2, 0) is 18.3 Å². The molecule has 2 rings (SSSR count). The van der Waals surface area contributed by atoms with E-state index in [2.05, 4.69) is 17.3 Å². The quantitative estimate of drug-likeness (QED) is 0.913. The molecule has 1 aromatic heterocycles. The fourth-order valence-corrected chi connectivity index (χ4v) is 3.23. The first-order valence-corrected chi connectivity index (χ1v) is 7.88. The molecule has 2 heterocycles. The highest BCUT2D eigenvalue weighted by Gasteiger charge is 2.26. The molecule has 0 spiro atoms. The lowest BCUT2D eigenvalue weighted by molar-refractivity contribution is -0.136. The summed E-state index contributed by atoms with van der Waals surface area (Å²) in [6.45, 7) is 8.15. The number of hydrogen-bond donors (Lipinski definition) is 1. The first-order valence-electron chi connectivity index (χ1n) is 7.88. The van der Waals surface area contributed by atoms with Crippen molar-refractivity contribution in [1.29, 1.82) is 0 Å². The number of rotatable bonds is 4. The van der Waals surface area contributed by atoms with Crippen LogP contribution in [-0.4, -0.2) is 46.8 Å². The Hall–Kier alpha value is -1.36. The molecule has 1 aromatic rings. The van der Waals surface area contributed by atoms with Gasteiger partial charge in [-0.15, -0.1) is 0 Å². The molecule has 0 saturated carbocycles. The first kappa shape index (κ1) is 16.0. The van der Waals surface area contributed by atoms with Gasteiger partial charge in [0.05, 0.1) is 5.69 Å². The molecule has 5 heteroatoms. The third kappa shape index (κ3) is 3.46. The summed E-state index contributed by atoms with van der Waals surface area (Å²) >= 11 is 0. The Morgan fingerprint density at radius 1 is 1.43 bits per heavy atom. The topological polar surface area (TPSA) is 50.2 Å². The Morgan fingerprint density at radius 2 is 2.05 bits per heavy atom. The Bertz CT molecular complexity index is 503. The van der Waals surface area contributed by atoms with E-state index in [0.717, 1.165) is 43.7 Å². The van der Waals surface area contributed by atoms with Crippen LogP contribution in [0.25, 0.3) is 0 Å². The van der Waals surface area contributed by atoms with Gasteiger partial charge in [-0.3, -0.25) is 9.48 Å². The Labute approximate surface area is 127 Å². The average Bonchev–Trinajstić information content (AvgIpc) is 2.73. The van der Waals surface area contributed by atoms with Gasteiger partial charge >= 0.3 is 0 Å².